The summed E-state index contributed by atoms with van der Waals surface area (Å²) in [5, 5.41) is 14.8. The number of nitrogens with zero attached hydrogens (tertiary/aromatic N) is 1. The monoisotopic (exact) mass is 425 g/mol. The molecule has 0 saturated carbocycles. The van der Waals surface area contributed by atoms with Gasteiger partial charge in [0.15, 0.2) is 6.61 Å². The van der Waals surface area contributed by atoms with E-state index in [4.69, 9.17) is 4.74 Å². The molecule has 0 unspecified atom stereocenters. The summed E-state index contributed by atoms with van der Waals surface area (Å²) in [6.45, 7) is 0.774. The standard InChI is InChI=1S/C18H14F3N3O6/c1-10-5-6-13(8-14(10)24(28)29)22-15(25)9-30-16(26)11-3-2-4-12(7-11)23-17(27)18(19,20)21/h2-8H,9H2,1H3,(H,22,25)(H,23,27). The van der Waals surface area contributed by atoms with Gasteiger partial charge >= 0.3 is 18.1 Å². The van der Waals surface area contributed by atoms with Crippen LogP contribution >= 0.6 is 0 Å². The van der Waals surface area contributed by atoms with Crippen LogP contribution in [-0.4, -0.2) is 35.5 Å². The van der Waals surface area contributed by atoms with Crippen molar-refractivity contribution in [3.63, 3.8) is 0 Å². The maximum Gasteiger partial charge on any atom is 0.471 e. The first kappa shape index (κ1) is 22.3. The molecule has 9 nitrogen and oxygen atoms in total. The Balaban J connectivity index is 1.96. The molecule has 0 saturated heterocycles. The van der Waals surface area contributed by atoms with Crippen LogP contribution in [0, 0.1) is 17.0 Å². The molecule has 0 heterocycles. The van der Waals surface area contributed by atoms with E-state index in [1.165, 1.54) is 31.2 Å². The Labute approximate surface area is 167 Å². The second-order valence-electron chi connectivity index (χ2n) is 5.92. The topological polar surface area (TPSA) is 128 Å². The van der Waals surface area contributed by atoms with E-state index in [0.717, 1.165) is 18.2 Å². The van der Waals surface area contributed by atoms with E-state index in [0.29, 0.717) is 5.56 Å². The lowest BCUT2D eigenvalue weighted by atomic mass is 10.2. The molecular weight excluding hydrogens is 411 g/mol. The Morgan fingerprint density at radius 3 is 2.37 bits per heavy atom. The molecule has 0 aliphatic rings. The number of alkyl halides is 3. The summed E-state index contributed by atoms with van der Waals surface area (Å²) in [6, 6.07) is 8.52. The lowest BCUT2D eigenvalue weighted by Gasteiger charge is -2.10. The number of nitrogens with one attached hydrogen (secondary N) is 2. The molecule has 30 heavy (non-hydrogen) atoms. The third-order valence-corrected chi connectivity index (χ3v) is 3.64. The van der Waals surface area contributed by atoms with Crippen molar-refractivity contribution in [3.8, 4) is 0 Å². The highest BCUT2D eigenvalue weighted by molar-refractivity contribution is 5.98. The summed E-state index contributed by atoms with van der Waals surface area (Å²) in [6.07, 6.45) is -5.10. The molecule has 0 atom stereocenters. The average molecular weight is 425 g/mol. The Bertz CT molecular complexity index is 1010. The predicted octanol–water partition coefficient (Wildman–Crippen LogP) is 3.20. The number of halogens is 3. The first-order chi connectivity index (χ1) is 14.0. The number of rotatable bonds is 6. The van der Waals surface area contributed by atoms with Crippen LogP contribution in [0.5, 0.6) is 0 Å². The van der Waals surface area contributed by atoms with Crippen LogP contribution in [0.4, 0.5) is 30.2 Å². The van der Waals surface area contributed by atoms with Gasteiger partial charge in [-0.05, 0) is 31.2 Å². The molecule has 0 aliphatic heterocycles. The van der Waals surface area contributed by atoms with Gasteiger partial charge in [-0.1, -0.05) is 12.1 Å². The Kier molecular flexibility index (Phi) is 6.72. The zero-order valence-electron chi connectivity index (χ0n) is 15.3. The van der Waals surface area contributed by atoms with Crippen LogP contribution in [0.15, 0.2) is 42.5 Å². The van der Waals surface area contributed by atoms with Gasteiger partial charge in [-0.2, -0.15) is 13.2 Å². The second kappa shape index (κ2) is 9.03. The van der Waals surface area contributed by atoms with Crippen molar-refractivity contribution in [1.82, 2.24) is 0 Å². The molecule has 2 N–H and O–H groups in total. The van der Waals surface area contributed by atoms with E-state index in [2.05, 4.69) is 5.32 Å². The quantitative estimate of drug-likeness (QED) is 0.416. The van der Waals surface area contributed by atoms with Crippen molar-refractivity contribution in [2.75, 3.05) is 17.2 Å². The van der Waals surface area contributed by atoms with E-state index in [1.807, 2.05) is 0 Å². The molecule has 0 aromatic heterocycles. The van der Waals surface area contributed by atoms with Gasteiger partial charge in [-0.25, -0.2) is 4.79 Å². The SMILES string of the molecule is Cc1ccc(NC(=O)COC(=O)c2cccc(NC(=O)C(F)(F)F)c2)cc1[N+](=O)[O-]. The van der Waals surface area contributed by atoms with Crippen molar-refractivity contribution in [2.45, 2.75) is 13.1 Å². The average Bonchev–Trinajstić information content (AvgIpc) is 2.66. The number of carbonyl (C=O) groups is 3. The van der Waals surface area contributed by atoms with E-state index < -0.39 is 35.5 Å². The molecule has 0 radical (unpaired) electrons. The normalized spacial score (nSPS) is 10.8. The Morgan fingerprint density at radius 1 is 1.07 bits per heavy atom. The van der Waals surface area contributed by atoms with Gasteiger partial charge in [0.25, 0.3) is 11.6 Å². The first-order valence-corrected chi connectivity index (χ1v) is 8.17. The zero-order valence-corrected chi connectivity index (χ0v) is 15.3. The summed E-state index contributed by atoms with van der Waals surface area (Å²) in [5.41, 5.74) is -0.188. The Hall–Kier alpha value is -3.96. The molecule has 0 aliphatic carbocycles. The van der Waals surface area contributed by atoms with E-state index in [-0.39, 0.29) is 22.6 Å². The van der Waals surface area contributed by atoms with Crippen molar-refractivity contribution in [1.29, 1.82) is 0 Å². The van der Waals surface area contributed by atoms with Gasteiger partial charge in [0.2, 0.25) is 0 Å². The fourth-order valence-electron chi connectivity index (χ4n) is 2.22. The van der Waals surface area contributed by atoms with Crippen LogP contribution < -0.4 is 10.6 Å². The van der Waals surface area contributed by atoms with E-state index in [9.17, 15) is 37.7 Å². The van der Waals surface area contributed by atoms with Gasteiger partial charge in [-0.3, -0.25) is 19.7 Å². The number of ether oxygens (including phenoxy) is 1. The van der Waals surface area contributed by atoms with Gasteiger partial charge in [0.1, 0.15) is 0 Å². The molecule has 2 rings (SSSR count). The van der Waals surface area contributed by atoms with Crippen molar-refractivity contribution >= 4 is 34.8 Å². The molecule has 0 bridgehead atoms. The van der Waals surface area contributed by atoms with Gasteiger partial charge in [0.05, 0.1) is 10.5 Å². The maximum absolute atomic E-state index is 12.3. The molecule has 0 spiro atoms. The van der Waals surface area contributed by atoms with Crippen LogP contribution in [0.1, 0.15) is 15.9 Å². The lowest BCUT2D eigenvalue weighted by Crippen LogP contribution is -2.30. The number of anilines is 2. The molecular formula is C18H14F3N3O6. The van der Waals surface area contributed by atoms with Gasteiger partial charge in [0, 0.05) is 23.0 Å². The molecule has 158 valence electrons. The fourth-order valence-corrected chi connectivity index (χ4v) is 2.22. The van der Waals surface area contributed by atoms with Crippen molar-refractivity contribution in [3.05, 3.63) is 63.7 Å². The van der Waals surface area contributed by atoms with Crippen LogP contribution in [0.25, 0.3) is 0 Å². The summed E-state index contributed by atoms with van der Waals surface area (Å²) >= 11 is 0. The Morgan fingerprint density at radius 2 is 1.73 bits per heavy atom. The number of aryl methyl sites for hydroxylation is 1. The zero-order chi connectivity index (χ0) is 22.5. The summed E-state index contributed by atoms with van der Waals surface area (Å²) in [5.74, 6) is -4.02. The fraction of sp³-hybridized carbons (Fsp3) is 0.167. The third-order valence-electron chi connectivity index (χ3n) is 3.64. The number of carbonyl (C=O) groups excluding carboxylic acids is 3. The molecule has 2 aromatic carbocycles. The summed E-state index contributed by atoms with van der Waals surface area (Å²) in [4.78, 5) is 45.1. The number of esters is 1. The van der Waals surface area contributed by atoms with E-state index in [1.54, 1.807) is 5.32 Å². The second-order valence-corrected chi connectivity index (χ2v) is 5.92. The minimum Gasteiger partial charge on any atom is -0.452 e. The highest BCUT2D eigenvalue weighted by Gasteiger charge is 2.38. The number of hydrogen-bond acceptors (Lipinski definition) is 6. The number of hydrogen-bond donors (Lipinski definition) is 2. The largest absolute Gasteiger partial charge is 0.471 e. The lowest BCUT2D eigenvalue weighted by molar-refractivity contribution is -0.385. The minimum absolute atomic E-state index is 0.116. The highest BCUT2D eigenvalue weighted by atomic mass is 19.4. The van der Waals surface area contributed by atoms with Crippen molar-refractivity contribution in [2.24, 2.45) is 0 Å². The van der Waals surface area contributed by atoms with Crippen LogP contribution in [-0.2, 0) is 14.3 Å². The molecule has 0 fully saturated rings. The van der Waals surface area contributed by atoms with Gasteiger partial charge in [-0.15, -0.1) is 0 Å². The molecule has 12 heteroatoms. The number of benzene rings is 2. The maximum atomic E-state index is 12.3. The first-order valence-electron chi connectivity index (χ1n) is 8.17. The highest BCUT2D eigenvalue weighted by Crippen LogP contribution is 2.22. The third kappa shape index (κ3) is 6.02. The number of amides is 2. The minimum atomic E-state index is -5.10. The van der Waals surface area contributed by atoms with Crippen molar-refractivity contribution < 1.29 is 37.2 Å². The predicted molar refractivity (Wildman–Crippen MR) is 97.9 cm³/mol. The molecule has 2 aromatic rings. The molecule has 2 amide bonds. The van der Waals surface area contributed by atoms with Crippen LogP contribution in [0.3, 0.4) is 0 Å². The number of nitro groups is 1. The summed E-state index contributed by atoms with van der Waals surface area (Å²) < 4.78 is 41.6. The van der Waals surface area contributed by atoms with Crippen LogP contribution in [0.2, 0.25) is 0 Å². The van der Waals surface area contributed by atoms with Gasteiger partial charge < -0.3 is 15.4 Å². The van der Waals surface area contributed by atoms with E-state index >= 15 is 0 Å². The summed E-state index contributed by atoms with van der Waals surface area (Å²) in [7, 11) is 0. The smallest absolute Gasteiger partial charge is 0.452 e. The number of nitro benzene ring substituents is 1.